The van der Waals surface area contributed by atoms with Crippen LogP contribution in [0.15, 0.2) is 40.8 Å². The number of nitrogens with one attached hydrogen (secondary N) is 3. The van der Waals surface area contributed by atoms with E-state index in [9.17, 15) is 9.18 Å². The van der Waals surface area contributed by atoms with Gasteiger partial charge in [0.2, 0.25) is 5.91 Å². The summed E-state index contributed by atoms with van der Waals surface area (Å²) in [5.41, 5.74) is 2.85. The maximum Gasteiger partial charge on any atom is 0.296 e. The standard InChI is InChI=1S/C29H36ClFN4O2/c1-17(14-21-20-16-19(31)12-13-23(20)35-29(21,2)3)32-27(36)25(15-18-8-5-4-6-9-18)34-28-33-24-11-7-10-22(30)26(24)37-28/h7,10-13,16-18,21,25,35H,4-6,8-9,14-15H2,1-3H3,(H,32,36)(H,33,34)/t17-,21?,25-/m0/s1. The Morgan fingerprint density at radius 1 is 1.22 bits per heavy atom. The summed E-state index contributed by atoms with van der Waals surface area (Å²) in [6.07, 6.45) is 7.33. The topological polar surface area (TPSA) is 79.2 Å². The first-order valence-electron chi connectivity index (χ1n) is 13.4. The average Bonchev–Trinajstić information content (AvgIpc) is 3.38. The van der Waals surface area contributed by atoms with Crippen LogP contribution >= 0.6 is 11.6 Å². The number of carbonyl (C=O) groups is 1. The lowest BCUT2D eigenvalue weighted by molar-refractivity contribution is -0.123. The van der Waals surface area contributed by atoms with Crippen LogP contribution in [0.5, 0.6) is 0 Å². The van der Waals surface area contributed by atoms with Gasteiger partial charge in [0.05, 0.1) is 5.02 Å². The zero-order chi connectivity index (χ0) is 26.2. The van der Waals surface area contributed by atoms with Gasteiger partial charge in [0.15, 0.2) is 5.58 Å². The van der Waals surface area contributed by atoms with E-state index in [0.717, 1.165) is 30.5 Å². The molecule has 37 heavy (non-hydrogen) atoms. The van der Waals surface area contributed by atoms with Crippen LogP contribution in [-0.2, 0) is 4.79 Å². The molecule has 1 aliphatic carbocycles. The summed E-state index contributed by atoms with van der Waals surface area (Å²) in [6.45, 7) is 6.26. The van der Waals surface area contributed by atoms with Gasteiger partial charge in [-0.3, -0.25) is 4.79 Å². The molecule has 1 unspecified atom stereocenters. The molecule has 1 saturated carbocycles. The summed E-state index contributed by atoms with van der Waals surface area (Å²) in [5.74, 6) is 0.232. The Kier molecular flexibility index (Phi) is 7.35. The van der Waals surface area contributed by atoms with Crippen molar-refractivity contribution < 1.29 is 13.6 Å². The molecule has 0 bridgehead atoms. The molecule has 3 aromatic rings. The van der Waals surface area contributed by atoms with Crippen LogP contribution in [-0.4, -0.2) is 28.5 Å². The van der Waals surface area contributed by atoms with Crippen molar-refractivity contribution in [1.29, 1.82) is 0 Å². The van der Waals surface area contributed by atoms with E-state index < -0.39 is 6.04 Å². The number of fused-ring (bicyclic) bond motifs is 2. The van der Waals surface area contributed by atoms with Gasteiger partial charge in [-0.1, -0.05) is 49.8 Å². The number of halogens is 2. The van der Waals surface area contributed by atoms with Gasteiger partial charge in [0, 0.05) is 23.2 Å². The second-order valence-corrected chi connectivity index (χ2v) is 11.7. The van der Waals surface area contributed by atoms with Gasteiger partial charge < -0.3 is 20.4 Å². The number of benzene rings is 2. The quantitative estimate of drug-likeness (QED) is 0.288. The summed E-state index contributed by atoms with van der Waals surface area (Å²) in [6, 6.07) is 10.0. The first-order chi connectivity index (χ1) is 17.7. The number of amides is 1. The van der Waals surface area contributed by atoms with E-state index in [1.807, 2.05) is 19.1 Å². The zero-order valence-corrected chi connectivity index (χ0v) is 22.5. The third-order valence-electron chi connectivity index (χ3n) is 7.97. The zero-order valence-electron chi connectivity index (χ0n) is 21.7. The van der Waals surface area contributed by atoms with Crippen LogP contribution in [0.2, 0.25) is 5.02 Å². The molecule has 2 aromatic carbocycles. The predicted molar refractivity (Wildman–Crippen MR) is 147 cm³/mol. The van der Waals surface area contributed by atoms with Gasteiger partial charge >= 0.3 is 0 Å². The minimum Gasteiger partial charge on any atom is -0.422 e. The maximum absolute atomic E-state index is 14.0. The van der Waals surface area contributed by atoms with Crippen molar-refractivity contribution in [2.45, 2.75) is 89.3 Å². The van der Waals surface area contributed by atoms with Crippen LogP contribution < -0.4 is 16.0 Å². The van der Waals surface area contributed by atoms with Gasteiger partial charge in [-0.05, 0) is 75.4 Å². The second kappa shape index (κ2) is 10.5. The Labute approximate surface area is 222 Å². The number of anilines is 2. The molecule has 2 aliphatic rings. The van der Waals surface area contributed by atoms with Gasteiger partial charge in [-0.2, -0.15) is 4.98 Å². The van der Waals surface area contributed by atoms with Crippen molar-refractivity contribution in [1.82, 2.24) is 10.3 Å². The van der Waals surface area contributed by atoms with E-state index in [1.54, 1.807) is 18.2 Å². The van der Waals surface area contributed by atoms with Crippen LogP contribution in [0, 0.1) is 11.7 Å². The number of para-hydroxylation sites is 1. The Morgan fingerprint density at radius 3 is 2.76 bits per heavy atom. The lowest BCUT2D eigenvalue weighted by atomic mass is 9.81. The molecular weight excluding hydrogens is 491 g/mol. The lowest BCUT2D eigenvalue weighted by Crippen LogP contribution is -2.46. The molecule has 0 saturated heterocycles. The average molecular weight is 527 g/mol. The Balaban J connectivity index is 1.31. The monoisotopic (exact) mass is 526 g/mol. The number of oxazole rings is 1. The molecule has 8 heteroatoms. The summed E-state index contributed by atoms with van der Waals surface area (Å²) >= 11 is 6.27. The van der Waals surface area contributed by atoms with Crippen molar-refractivity contribution in [3.63, 3.8) is 0 Å². The molecule has 3 atom stereocenters. The van der Waals surface area contributed by atoms with Crippen molar-refractivity contribution in [2.24, 2.45) is 5.92 Å². The van der Waals surface area contributed by atoms with Crippen molar-refractivity contribution in [2.75, 3.05) is 10.6 Å². The summed E-state index contributed by atoms with van der Waals surface area (Å²) in [7, 11) is 0. The predicted octanol–water partition coefficient (Wildman–Crippen LogP) is 7.25. The Hall–Kier alpha value is -2.80. The van der Waals surface area contributed by atoms with E-state index in [2.05, 4.69) is 34.8 Å². The minimum absolute atomic E-state index is 0.0671. The number of hydrogen-bond acceptors (Lipinski definition) is 5. The number of aromatic nitrogens is 1. The summed E-state index contributed by atoms with van der Waals surface area (Å²) in [5, 5.41) is 10.5. The molecule has 1 fully saturated rings. The first-order valence-corrected chi connectivity index (χ1v) is 13.8. The van der Waals surface area contributed by atoms with E-state index in [-0.39, 0.29) is 29.2 Å². The van der Waals surface area contributed by atoms with Crippen LogP contribution in [0.1, 0.15) is 77.2 Å². The molecule has 2 heterocycles. The van der Waals surface area contributed by atoms with Gasteiger partial charge in [0.1, 0.15) is 17.4 Å². The van der Waals surface area contributed by atoms with Gasteiger partial charge in [-0.25, -0.2) is 4.39 Å². The third-order valence-corrected chi connectivity index (χ3v) is 8.27. The molecule has 0 radical (unpaired) electrons. The highest BCUT2D eigenvalue weighted by atomic mass is 35.5. The highest BCUT2D eigenvalue weighted by Gasteiger charge is 2.40. The molecule has 0 spiro atoms. The van der Waals surface area contributed by atoms with E-state index in [0.29, 0.717) is 34.5 Å². The normalized spacial score (nSPS) is 20.7. The fourth-order valence-electron chi connectivity index (χ4n) is 6.05. The fourth-order valence-corrected chi connectivity index (χ4v) is 6.26. The van der Waals surface area contributed by atoms with Crippen LogP contribution in [0.4, 0.5) is 16.1 Å². The molecule has 6 nitrogen and oxygen atoms in total. The smallest absolute Gasteiger partial charge is 0.296 e. The fraction of sp³-hybridized carbons (Fsp3) is 0.517. The highest BCUT2D eigenvalue weighted by molar-refractivity contribution is 6.34. The number of carbonyl (C=O) groups excluding carboxylic acids is 1. The molecule has 1 aromatic heterocycles. The molecule has 1 aliphatic heterocycles. The van der Waals surface area contributed by atoms with Crippen LogP contribution in [0.25, 0.3) is 11.1 Å². The Morgan fingerprint density at radius 2 is 2.00 bits per heavy atom. The van der Waals surface area contributed by atoms with Crippen molar-refractivity contribution >= 4 is 40.3 Å². The van der Waals surface area contributed by atoms with Gasteiger partial charge in [-0.15, -0.1) is 0 Å². The third kappa shape index (κ3) is 5.71. The van der Waals surface area contributed by atoms with E-state index in [4.69, 9.17) is 16.0 Å². The number of nitrogens with zero attached hydrogens (tertiary/aromatic N) is 1. The molecule has 1 amide bonds. The van der Waals surface area contributed by atoms with Crippen LogP contribution in [0.3, 0.4) is 0 Å². The SMILES string of the molecule is C[C@@H](CC1c2cc(F)ccc2NC1(C)C)NC(=O)[C@H](CC1CCCCC1)Nc1nc2cccc(Cl)c2o1. The summed E-state index contributed by atoms with van der Waals surface area (Å²) in [4.78, 5) is 18.1. The largest absolute Gasteiger partial charge is 0.422 e. The molecule has 5 rings (SSSR count). The first kappa shape index (κ1) is 25.8. The highest BCUT2D eigenvalue weighted by Crippen LogP contribution is 2.45. The molecular formula is C29H36ClFN4O2. The van der Waals surface area contributed by atoms with E-state index >= 15 is 0 Å². The summed E-state index contributed by atoms with van der Waals surface area (Å²) < 4.78 is 19.9. The van der Waals surface area contributed by atoms with Crippen molar-refractivity contribution in [3.8, 4) is 0 Å². The maximum atomic E-state index is 14.0. The van der Waals surface area contributed by atoms with Gasteiger partial charge in [0.25, 0.3) is 6.01 Å². The Bertz CT molecular complexity index is 1270. The number of hydrogen-bond donors (Lipinski definition) is 3. The number of rotatable bonds is 8. The lowest BCUT2D eigenvalue weighted by Gasteiger charge is -2.31. The van der Waals surface area contributed by atoms with E-state index in [1.165, 1.54) is 25.3 Å². The second-order valence-electron chi connectivity index (χ2n) is 11.3. The minimum atomic E-state index is -0.475. The van der Waals surface area contributed by atoms with Crippen molar-refractivity contribution in [3.05, 3.63) is 52.8 Å². The molecule has 198 valence electrons. The molecule has 3 N–H and O–H groups in total.